The van der Waals surface area contributed by atoms with E-state index in [9.17, 15) is 14.7 Å². The number of aliphatic hydroxyl groups excluding tert-OH is 1. The van der Waals surface area contributed by atoms with Crippen LogP contribution in [-0.4, -0.2) is 55.2 Å². The van der Waals surface area contributed by atoms with Crippen LogP contribution in [0.2, 0.25) is 0 Å². The average molecular weight is 468 g/mol. The van der Waals surface area contributed by atoms with Gasteiger partial charge in [-0.25, -0.2) is 0 Å². The zero-order valence-corrected chi connectivity index (χ0v) is 20.1. The maximum Gasteiger partial charge on any atom is 0.295 e. The number of hydrogen-bond donors (Lipinski definition) is 1. The highest BCUT2D eigenvalue weighted by Gasteiger charge is 2.46. The first kappa shape index (κ1) is 25.3. The van der Waals surface area contributed by atoms with Gasteiger partial charge in [0.15, 0.2) is 0 Å². The summed E-state index contributed by atoms with van der Waals surface area (Å²) in [5.74, 6) is -0.276. The van der Waals surface area contributed by atoms with Crippen molar-refractivity contribution in [2.24, 2.45) is 0 Å². The maximum absolute atomic E-state index is 13.1. The molecule has 0 bridgehead atoms. The molecule has 7 nitrogen and oxygen atoms in total. The van der Waals surface area contributed by atoms with E-state index in [1.807, 2.05) is 31.2 Å². The molecule has 182 valence electrons. The molecular weight excluding hydrogens is 434 g/mol. The molecule has 0 aromatic heterocycles. The molecule has 1 atom stereocenters. The smallest absolute Gasteiger partial charge is 0.295 e. The average Bonchev–Trinajstić information content (AvgIpc) is 3.11. The molecule has 0 spiro atoms. The molecule has 1 heterocycles. The second-order valence-corrected chi connectivity index (χ2v) is 8.13. The molecule has 7 heteroatoms. The second kappa shape index (κ2) is 12.2. The largest absolute Gasteiger partial charge is 0.507 e. The summed E-state index contributed by atoms with van der Waals surface area (Å²) in [7, 11) is 1.54. The van der Waals surface area contributed by atoms with Crippen molar-refractivity contribution in [2.45, 2.75) is 39.2 Å². The Morgan fingerprint density at radius 2 is 1.68 bits per heavy atom. The number of amides is 1. The first-order valence-electron chi connectivity index (χ1n) is 11.7. The van der Waals surface area contributed by atoms with Gasteiger partial charge in [-0.15, -0.1) is 0 Å². The van der Waals surface area contributed by atoms with Crippen LogP contribution < -0.4 is 9.47 Å². The fourth-order valence-electron chi connectivity index (χ4n) is 3.84. The minimum absolute atomic E-state index is 0.0500. The highest BCUT2D eigenvalue weighted by molar-refractivity contribution is 6.46. The number of Topliss-reactive ketones (excluding diaryl/α,β-unsaturated/α-hetero) is 1. The molecule has 1 N–H and O–H groups in total. The van der Waals surface area contributed by atoms with E-state index in [1.54, 1.807) is 24.3 Å². The van der Waals surface area contributed by atoms with Crippen LogP contribution in [0.15, 0.2) is 54.1 Å². The third-order valence-electron chi connectivity index (χ3n) is 5.62. The van der Waals surface area contributed by atoms with Gasteiger partial charge in [0.25, 0.3) is 11.7 Å². The summed E-state index contributed by atoms with van der Waals surface area (Å²) < 4.78 is 16.6. The van der Waals surface area contributed by atoms with Crippen LogP contribution in [0.3, 0.4) is 0 Å². The zero-order chi connectivity index (χ0) is 24.5. The topological polar surface area (TPSA) is 85.3 Å². The van der Waals surface area contributed by atoms with Gasteiger partial charge in [-0.3, -0.25) is 9.59 Å². The number of ether oxygens (including phenoxy) is 3. The van der Waals surface area contributed by atoms with Crippen LogP contribution in [0.1, 0.15) is 50.3 Å². The SMILES string of the molecule is CCCCOc1cccc(C2C(=C(O)c3ccc(OCCC)cc3)C(=O)C(=O)N2CCOC)c1. The lowest BCUT2D eigenvalue weighted by Crippen LogP contribution is -2.32. The Balaban J connectivity index is 2.02. The Morgan fingerprint density at radius 3 is 2.35 bits per heavy atom. The van der Waals surface area contributed by atoms with Gasteiger partial charge < -0.3 is 24.2 Å². The Morgan fingerprint density at radius 1 is 0.941 bits per heavy atom. The lowest BCUT2D eigenvalue weighted by atomic mass is 9.95. The monoisotopic (exact) mass is 467 g/mol. The maximum atomic E-state index is 13.1. The minimum Gasteiger partial charge on any atom is -0.507 e. The number of nitrogens with zero attached hydrogens (tertiary/aromatic N) is 1. The van der Waals surface area contributed by atoms with Gasteiger partial charge in [-0.1, -0.05) is 32.4 Å². The van der Waals surface area contributed by atoms with Gasteiger partial charge in [0.1, 0.15) is 17.3 Å². The Kier molecular flexibility index (Phi) is 9.10. The van der Waals surface area contributed by atoms with Crippen molar-refractivity contribution in [3.8, 4) is 11.5 Å². The molecule has 1 aliphatic rings. The molecule has 2 aromatic carbocycles. The van der Waals surface area contributed by atoms with Gasteiger partial charge in [-0.05, 0) is 54.8 Å². The normalized spacial score (nSPS) is 17.3. The van der Waals surface area contributed by atoms with Gasteiger partial charge in [0.05, 0.1) is 31.4 Å². The summed E-state index contributed by atoms with van der Waals surface area (Å²) >= 11 is 0. The molecule has 34 heavy (non-hydrogen) atoms. The van der Waals surface area contributed by atoms with Crippen molar-refractivity contribution >= 4 is 17.4 Å². The Hall–Kier alpha value is -3.32. The summed E-state index contributed by atoms with van der Waals surface area (Å²) in [5.41, 5.74) is 1.18. The minimum atomic E-state index is -0.749. The van der Waals surface area contributed by atoms with E-state index in [2.05, 4.69) is 6.92 Å². The first-order valence-corrected chi connectivity index (χ1v) is 11.7. The lowest BCUT2D eigenvalue weighted by Gasteiger charge is -2.25. The summed E-state index contributed by atoms with van der Waals surface area (Å²) in [6.07, 6.45) is 2.82. The van der Waals surface area contributed by atoms with Crippen molar-refractivity contribution in [3.05, 3.63) is 65.2 Å². The van der Waals surface area contributed by atoms with Crippen molar-refractivity contribution in [1.29, 1.82) is 0 Å². The number of likely N-dealkylation sites (tertiary alicyclic amines) is 1. The summed E-state index contributed by atoms with van der Waals surface area (Å²) in [6, 6.07) is 13.4. The molecule has 1 saturated heterocycles. The summed E-state index contributed by atoms with van der Waals surface area (Å²) in [6.45, 7) is 5.76. The number of rotatable bonds is 12. The van der Waals surface area contributed by atoms with Gasteiger partial charge in [-0.2, -0.15) is 0 Å². The van der Waals surface area contributed by atoms with E-state index in [-0.39, 0.29) is 24.5 Å². The molecule has 0 radical (unpaired) electrons. The number of carbonyl (C=O) groups is 2. The van der Waals surface area contributed by atoms with Crippen LogP contribution in [0.25, 0.3) is 5.76 Å². The predicted octanol–water partition coefficient (Wildman–Crippen LogP) is 4.72. The molecular formula is C27H33NO6. The fourth-order valence-corrected chi connectivity index (χ4v) is 3.84. The van der Waals surface area contributed by atoms with Crippen molar-refractivity contribution in [3.63, 3.8) is 0 Å². The van der Waals surface area contributed by atoms with Crippen LogP contribution in [-0.2, 0) is 14.3 Å². The van der Waals surface area contributed by atoms with E-state index in [1.165, 1.54) is 12.0 Å². The van der Waals surface area contributed by atoms with E-state index in [4.69, 9.17) is 14.2 Å². The second-order valence-electron chi connectivity index (χ2n) is 8.13. The van der Waals surface area contributed by atoms with Crippen molar-refractivity contribution in [2.75, 3.05) is 33.5 Å². The molecule has 1 unspecified atom stereocenters. The first-order chi connectivity index (χ1) is 16.5. The third-order valence-corrected chi connectivity index (χ3v) is 5.62. The molecule has 0 aliphatic carbocycles. The number of aliphatic hydroxyl groups is 1. The fraction of sp³-hybridized carbons (Fsp3) is 0.407. The molecule has 2 aromatic rings. The molecule has 1 amide bonds. The summed E-state index contributed by atoms with van der Waals surface area (Å²) in [5, 5.41) is 11.2. The Labute approximate surface area is 200 Å². The lowest BCUT2D eigenvalue weighted by molar-refractivity contribution is -0.140. The van der Waals surface area contributed by atoms with Gasteiger partial charge in [0, 0.05) is 19.2 Å². The summed E-state index contributed by atoms with van der Waals surface area (Å²) in [4.78, 5) is 27.5. The predicted molar refractivity (Wildman–Crippen MR) is 130 cm³/mol. The van der Waals surface area contributed by atoms with E-state index >= 15 is 0 Å². The molecule has 1 fully saturated rings. The van der Waals surface area contributed by atoms with Crippen LogP contribution in [0, 0.1) is 0 Å². The number of methoxy groups -OCH3 is 1. The zero-order valence-electron chi connectivity index (χ0n) is 20.1. The number of hydrogen-bond acceptors (Lipinski definition) is 6. The van der Waals surface area contributed by atoms with E-state index in [0.717, 1.165) is 19.3 Å². The molecule has 3 rings (SSSR count). The highest BCUT2D eigenvalue weighted by Crippen LogP contribution is 2.40. The quantitative estimate of drug-likeness (QED) is 0.210. The van der Waals surface area contributed by atoms with Gasteiger partial charge in [0.2, 0.25) is 0 Å². The van der Waals surface area contributed by atoms with Gasteiger partial charge >= 0.3 is 0 Å². The number of ketones is 1. The van der Waals surface area contributed by atoms with Crippen molar-refractivity contribution < 1.29 is 28.9 Å². The number of carbonyl (C=O) groups excluding carboxylic acids is 2. The molecule has 1 aliphatic heterocycles. The number of unbranched alkanes of at least 4 members (excludes halogenated alkanes) is 1. The van der Waals surface area contributed by atoms with Crippen molar-refractivity contribution in [1.82, 2.24) is 4.90 Å². The number of benzene rings is 2. The van der Waals surface area contributed by atoms with Crippen LogP contribution >= 0.6 is 0 Å². The molecule has 0 saturated carbocycles. The standard InChI is InChI=1S/C27H33NO6/c1-4-6-16-34-22-9-7-8-20(18-22)24-23(26(30)27(31)28(24)14-17-32-3)25(29)19-10-12-21(13-11-19)33-15-5-2/h7-13,18,24,29H,4-6,14-17H2,1-3H3. The van der Waals surface area contributed by atoms with Crippen LogP contribution in [0.5, 0.6) is 11.5 Å². The van der Waals surface area contributed by atoms with E-state index < -0.39 is 17.7 Å². The third kappa shape index (κ3) is 5.78. The highest BCUT2D eigenvalue weighted by atomic mass is 16.5. The Bertz CT molecular complexity index is 1010. The van der Waals surface area contributed by atoms with Crippen LogP contribution in [0.4, 0.5) is 0 Å². The van der Waals surface area contributed by atoms with E-state index in [0.29, 0.717) is 35.8 Å².